The van der Waals surface area contributed by atoms with Crippen LogP contribution in [-0.4, -0.2) is 0 Å². The molecular weight excluding hydrogens is 581 g/mol. The van der Waals surface area contributed by atoms with Gasteiger partial charge in [0.25, 0.3) is 0 Å². The number of hydrogen-bond donors (Lipinski definition) is 0. The molecule has 0 N–H and O–H groups in total. The third kappa shape index (κ3) is 5.46. The number of fused-ring (bicyclic) bond motifs is 3. The Morgan fingerprint density at radius 2 is 0.688 bits per heavy atom. The van der Waals surface area contributed by atoms with Gasteiger partial charge in [0, 0.05) is 28.1 Å². The minimum atomic E-state index is 1.11. The third-order valence-electron chi connectivity index (χ3n) is 9.42. The molecule has 8 rings (SSSR count). The molecule has 0 heterocycles. The van der Waals surface area contributed by atoms with Crippen molar-refractivity contribution < 1.29 is 0 Å². The molecule has 232 valence electrons. The quantitative estimate of drug-likeness (QED) is 0.171. The Morgan fingerprint density at radius 1 is 0.312 bits per heavy atom. The fourth-order valence-electron chi connectivity index (χ4n) is 6.76. The summed E-state index contributed by atoms with van der Waals surface area (Å²) in [6.45, 7) is 8.59. The van der Waals surface area contributed by atoms with Crippen LogP contribution in [0.3, 0.4) is 0 Å². The highest BCUT2D eigenvalue weighted by atomic mass is 15.2. The molecule has 0 bridgehead atoms. The maximum absolute atomic E-state index is 2.44. The van der Waals surface area contributed by atoms with Crippen molar-refractivity contribution in [1.82, 2.24) is 0 Å². The zero-order valence-corrected chi connectivity index (χ0v) is 27.9. The molecule has 0 saturated heterocycles. The van der Waals surface area contributed by atoms with E-state index in [2.05, 4.69) is 195 Å². The summed E-state index contributed by atoms with van der Waals surface area (Å²) in [6.07, 6.45) is 0. The van der Waals surface area contributed by atoms with Gasteiger partial charge in [0.2, 0.25) is 0 Å². The zero-order valence-electron chi connectivity index (χ0n) is 27.9. The predicted octanol–water partition coefficient (Wildman–Crippen LogP) is 13.3. The first-order valence-corrected chi connectivity index (χ1v) is 16.7. The summed E-state index contributed by atoms with van der Waals surface area (Å²) < 4.78 is 0. The van der Waals surface area contributed by atoms with Crippen LogP contribution in [0.5, 0.6) is 0 Å². The second kappa shape index (κ2) is 12.1. The van der Waals surface area contributed by atoms with Crippen molar-refractivity contribution in [2.24, 2.45) is 0 Å². The van der Waals surface area contributed by atoms with Crippen LogP contribution in [0, 0.1) is 27.7 Å². The number of nitrogens with zero attached hydrogens (tertiary/aromatic N) is 2. The molecule has 0 aliphatic carbocycles. The molecule has 2 nitrogen and oxygen atoms in total. The molecule has 8 aromatic carbocycles. The molecule has 0 fully saturated rings. The Kier molecular flexibility index (Phi) is 7.42. The van der Waals surface area contributed by atoms with Crippen molar-refractivity contribution >= 4 is 66.4 Å². The van der Waals surface area contributed by atoms with E-state index in [0.29, 0.717) is 0 Å². The Labute approximate surface area is 283 Å². The minimum Gasteiger partial charge on any atom is -0.308 e. The minimum absolute atomic E-state index is 1.11. The van der Waals surface area contributed by atoms with E-state index < -0.39 is 0 Å². The van der Waals surface area contributed by atoms with Crippen LogP contribution in [-0.2, 0) is 0 Å². The number of aryl methyl sites for hydroxylation is 4. The first kappa shape index (κ1) is 29.5. The fraction of sp³-hybridized carbons (Fsp3) is 0.0870. The van der Waals surface area contributed by atoms with E-state index in [4.69, 9.17) is 0 Å². The highest BCUT2D eigenvalue weighted by Gasteiger charge is 2.25. The van der Waals surface area contributed by atoms with Crippen LogP contribution in [0.15, 0.2) is 158 Å². The summed E-state index contributed by atoms with van der Waals surface area (Å²) in [7, 11) is 0. The maximum Gasteiger partial charge on any atom is 0.0781 e. The Hall–Kier alpha value is -5.86. The van der Waals surface area contributed by atoms with Gasteiger partial charge in [-0.3, -0.25) is 0 Å². The second-order valence-corrected chi connectivity index (χ2v) is 13.1. The van der Waals surface area contributed by atoms with Crippen molar-refractivity contribution in [3.63, 3.8) is 0 Å². The van der Waals surface area contributed by atoms with Gasteiger partial charge in [-0.1, -0.05) is 101 Å². The average Bonchev–Trinajstić information content (AvgIpc) is 3.10. The summed E-state index contributed by atoms with van der Waals surface area (Å²) in [5.74, 6) is 0. The summed E-state index contributed by atoms with van der Waals surface area (Å²) in [4.78, 5) is 4.85. The zero-order chi connectivity index (χ0) is 32.8. The first-order chi connectivity index (χ1) is 23.4. The van der Waals surface area contributed by atoms with Gasteiger partial charge in [0.15, 0.2) is 0 Å². The number of hydrogen-bond acceptors (Lipinski definition) is 2. The number of anilines is 6. The van der Waals surface area contributed by atoms with Crippen LogP contribution in [0.4, 0.5) is 34.1 Å². The average molecular weight is 619 g/mol. The Bertz CT molecular complexity index is 2310. The Morgan fingerprint density at radius 3 is 1.12 bits per heavy atom. The van der Waals surface area contributed by atoms with Crippen molar-refractivity contribution in [3.8, 4) is 0 Å². The van der Waals surface area contributed by atoms with Gasteiger partial charge < -0.3 is 9.80 Å². The van der Waals surface area contributed by atoms with E-state index in [0.717, 1.165) is 34.1 Å². The lowest BCUT2D eigenvalue weighted by atomic mass is 9.97. The van der Waals surface area contributed by atoms with Gasteiger partial charge in [-0.15, -0.1) is 0 Å². The predicted molar refractivity (Wildman–Crippen MR) is 207 cm³/mol. The van der Waals surface area contributed by atoms with Gasteiger partial charge in [0.1, 0.15) is 0 Å². The molecule has 48 heavy (non-hydrogen) atoms. The summed E-state index contributed by atoms with van der Waals surface area (Å²) in [5.41, 5.74) is 11.7. The van der Waals surface area contributed by atoms with E-state index in [1.54, 1.807) is 0 Å². The third-order valence-corrected chi connectivity index (χ3v) is 9.42. The molecule has 0 atom stereocenters. The highest BCUT2D eigenvalue weighted by Crippen LogP contribution is 2.49. The molecule has 0 aliphatic heterocycles. The van der Waals surface area contributed by atoms with Gasteiger partial charge in [-0.05, 0) is 133 Å². The lowest BCUT2D eigenvalue weighted by Crippen LogP contribution is -2.17. The summed E-state index contributed by atoms with van der Waals surface area (Å²) in [6, 6.07) is 58.2. The SMILES string of the molecule is Cc1ccc(N(c2ccc(C)cc2)c2ccc3cc4cc5ccccc5cc4cc3c2N(c2ccc(C)cc2)c2ccc(C)cc2)cc1. The molecule has 0 aliphatic rings. The second-order valence-electron chi connectivity index (χ2n) is 13.1. The van der Waals surface area contributed by atoms with Gasteiger partial charge >= 0.3 is 0 Å². The molecule has 0 unspecified atom stereocenters. The van der Waals surface area contributed by atoms with Crippen LogP contribution >= 0.6 is 0 Å². The van der Waals surface area contributed by atoms with E-state index in [9.17, 15) is 0 Å². The number of benzene rings is 8. The Balaban J connectivity index is 1.50. The molecule has 8 aromatic rings. The topological polar surface area (TPSA) is 6.48 Å². The smallest absolute Gasteiger partial charge is 0.0781 e. The first-order valence-electron chi connectivity index (χ1n) is 16.7. The van der Waals surface area contributed by atoms with Crippen LogP contribution in [0.25, 0.3) is 32.3 Å². The van der Waals surface area contributed by atoms with Crippen molar-refractivity contribution in [2.45, 2.75) is 27.7 Å². The molecule has 0 amide bonds. The van der Waals surface area contributed by atoms with Crippen molar-refractivity contribution in [2.75, 3.05) is 9.80 Å². The largest absolute Gasteiger partial charge is 0.308 e. The lowest BCUT2D eigenvalue weighted by Gasteiger charge is -2.34. The summed E-state index contributed by atoms with van der Waals surface area (Å²) >= 11 is 0. The van der Waals surface area contributed by atoms with Crippen LogP contribution in [0.1, 0.15) is 22.3 Å². The summed E-state index contributed by atoms with van der Waals surface area (Å²) in [5, 5.41) is 7.37. The van der Waals surface area contributed by atoms with Gasteiger partial charge in [0.05, 0.1) is 11.4 Å². The maximum atomic E-state index is 2.44. The number of rotatable bonds is 6. The van der Waals surface area contributed by atoms with Crippen molar-refractivity contribution in [1.29, 1.82) is 0 Å². The standard InChI is InChI=1S/C46H38N2/c1-31-9-18-40(19-10-31)47(41-20-11-32(2)12-21-41)45-26-17-37-29-38-27-35-7-5-6-8-36(35)28-39(38)30-44(37)46(45)48(42-22-13-33(3)14-23-42)43-24-15-34(4)16-25-43/h5-30H,1-4H3. The van der Waals surface area contributed by atoms with Gasteiger partial charge in [-0.2, -0.15) is 0 Å². The molecule has 0 saturated carbocycles. The molecule has 0 radical (unpaired) electrons. The molecular formula is C46H38N2. The lowest BCUT2D eigenvalue weighted by molar-refractivity contribution is 1.23. The highest BCUT2D eigenvalue weighted by molar-refractivity contribution is 6.13. The van der Waals surface area contributed by atoms with Crippen LogP contribution < -0.4 is 9.80 Å². The van der Waals surface area contributed by atoms with Crippen LogP contribution in [0.2, 0.25) is 0 Å². The molecule has 0 spiro atoms. The van der Waals surface area contributed by atoms with E-state index in [1.807, 2.05) is 0 Å². The monoisotopic (exact) mass is 618 g/mol. The van der Waals surface area contributed by atoms with E-state index in [-0.39, 0.29) is 0 Å². The normalized spacial score (nSPS) is 11.3. The molecule has 0 aromatic heterocycles. The van der Waals surface area contributed by atoms with Gasteiger partial charge in [-0.25, -0.2) is 0 Å². The van der Waals surface area contributed by atoms with E-state index in [1.165, 1.54) is 54.6 Å². The van der Waals surface area contributed by atoms with Crippen molar-refractivity contribution in [3.05, 3.63) is 180 Å². The molecule has 2 heteroatoms. The fourth-order valence-corrected chi connectivity index (χ4v) is 6.76. The van der Waals surface area contributed by atoms with E-state index >= 15 is 0 Å².